The van der Waals surface area contributed by atoms with Crippen molar-refractivity contribution in [1.82, 2.24) is 5.32 Å². The molecule has 0 aliphatic carbocycles. The predicted octanol–water partition coefficient (Wildman–Crippen LogP) is 0.837. The van der Waals surface area contributed by atoms with Crippen molar-refractivity contribution in [3.05, 3.63) is 23.8 Å². The van der Waals surface area contributed by atoms with Gasteiger partial charge in [0.25, 0.3) is 0 Å². The van der Waals surface area contributed by atoms with Crippen LogP contribution in [0.15, 0.2) is 18.2 Å². The summed E-state index contributed by atoms with van der Waals surface area (Å²) in [6, 6.07) is 5.18. The Bertz CT molecular complexity index is 436. The van der Waals surface area contributed by atoms with Gasteiger partial charge in [-0.1, -0.05) is 0 Å². The van der Waals surface area contributed by atoms with Crippen molar-refractivity contribution in [3.63, 3.8) is 0 Å². The van der Waals surface area contributed by atoms with Crippen LogP contribution in [0.4, 0.5) is 0 Å². The van der Waals surface area contributed by atoms with E-state index in [2.05, 4.69) is 5.32 Å². The van der Waals surface area contributed by atoms with Crippen LogP contribution in [0.2, 0.25) is 0 Å². The Morgan fingerprint density at radius 1 is 1.16 bits per heavy atom. The Morgan fingerprint density at radius 3 is 2.21 bits per heavy atom. The quantitative estimate of drug-likeness (QED) is 0.764. The molecule has 0 spiro atoms. The third-order valence-corrected chi connectivity index (χ3v) is 2.44. The molecule has 1 aromatic carbocycles. The van der Waals surface area contributed by atoms with Gasteiger partial charge in [0.2, 0.25) is 5.91 Å². The average molecular weight is 267 g/mol. The molecule has 6 nitrogen and oxygen atoms in total. The number of nitrogens with one attached hydrogen (secondary N) is 1. The van der Waals surface area contributed by atoms with Crippen LogP contribution >= 0.6 is 0 Å². The molecule has 0 bridgehead atoms. The maximum absolute atomic E-state index is 11.6. The number of benzene rings is 1. The highest BCUT2D eigenvalue weighted by atomic mass is 16.5. The SMILES string of the molecule is COc1cc(CC(=O)NCCC(=O)O)cc(OC)c1. The van der Waals surface area contributed by atoms with Gasteiger partial charge < -0.3 is 19.9 Å². The molecule has 1 aromatic rings. The first-order chi connectivity index (χ1) is 9.05. The molecule has 6 heteroatoms. The third kappa shape index (κ3) is 5.29. The van der Waals surface area contributed by atoms with E-state index in [0.29, 0.717) is 11.5 Å². The number of carbonyl (C=O) groups is 2. The van der Waals surface area contributed by atoms with Gasteiger partial charge >= 0.3 is 5.97 Å². The second-order valence-corrected chi connectivity index (χ2v) is 3.89. The number of carboxylic acids is 1. The van der Waals surface area contributed by atoms with E-state index in [1.807, 2.05) is 0 Å². The monoisotopic (exact) mass is 267 g/mol. The molecule has 0 aromatic heterocycles. The normalized spacial score (nSPS) is 9.79. The van der Waals surface area contributed by atoms with Gasteiger partial charge in [-0.15, -0.1) is 0 Å². The summed E-state index contributed by atoms with van der Waals surface area (Å²) in [4.78, 5) is 21.9. The largest absolute Gasteiger partial charge is 0.497 e. The lowest BCUT2D eigenvalue weighted by Gasteiger charge is -2.08. The van der Waals surface area contributed by atoms with Gasteiger partial charge in [0, 0.05) is 12.6 Å². The van der Waals surface area contributed by atoms with Crippen molar-refractivity contribution >= 4 is 11.9 Å². The van der Waals surface area contributed by atoms with Crippen LogP contribution in [0.1, 0.15) is 12.0 Å². The van der Waals surface area contributed by atoms with Crippen molar-refractivity contribution in [3.8, 4) is 11.5 Å². The molecule has 1 amide bonds. The molecule has 1 rings (SSSR count). The molecule has 0 saturated carbocycles. The topological polar surface area (TPSA) is 84.9 Å². The van der Waals surface area contributed by atoms with E-state index in [9.17, 15) is 9.59 Å². The second-order valence-electron chi connectivity index (χ2n) is 3.89. The van der Waals surface area contributed by atoms with Gasteiger partial charge in [0.1, 0.15) is 11.5 Å². The summed E-state index contributed by atoms with van der Waals surface area (Å²) < 4.78 is 10.2. The predicted molar refractivity (Wildman–Crippen MR) is 68.5 cm³/mol. The van der Waals surface area contributed by atoms with E-state index >= 15 is 0 Å². The van der Waals surface area contributed by atoms with E-state index < -0.39 is 5.97 Å². The summed E-state index contributed by atoms with van der Waals surface area (Å²) in [5.41, 5.74) is 0.740. The molecule has 19 heavy (non-hydrogen) atoms. The van der Waals surface area contributed by atoms with E-state index in [1.165, 1.54) is 14.2 Å². The summed E-state index contributed by atoms with van der Waals surface area (Å²) in [5, 5.41) is 11.0. The smallest absolute Gasteiger partial charge is 0.305 e. The highest BCUT2D eigenvalue weighted by Gasteiger charge is 2.07. The molecule has 2 N–H and O–H groups in total. The summed E-state index contributed by atoms with van der Waals surface area (Å²) in [5.74, 6) is 0.0280. The number of rotatable bonds is 7. The van der Waals surface area contributed by atoms with Crippen LogP contribution in [0.25, 0.3) is 0 Å². The number of hydrogen-bond acceptors (Lipinski definition) is 4. The minimum absolute atomic E-state index is 0.0901. The average Bonchev–Trinajstić information content (AvgIpc) is 2.37. The Kier molecular flexibility index (Phi) is 5.66. The van der Waals surface area contributed by atoms with E-state index in [-0.39, 0.29) is 25.3 Å². The number of amides is 1. The molecule has 0 heterocycles. The van der Waals surface area contributed by atoms with Crippen LogP contribution in [0.5, 0.6) is 11.5 Å². The van der Waals surface area contributed by atoms with Gasteiger partial charge in [0.05, 0.1) is 27.1 Å². The van der Waals surface area contributed by atoms with Crippen molar-refractivity contribution in [2.75, 3.05) is 20.8 Å². The zero-order valence-corrected chi connectivity index (χ0v) is 10.9. The molecular weight excluding hydrogens is 250 g/mol. The fraction of sp³-hybridized carbons (Fsp3) is 0.385. The van der Waals surface area contributed by atoms with Gasteiger partial charge in [0.15, 0.2) is 0 Å². The first-order valence-electron chi connectivity index (χ1n) is 5.75. The minimum Gasteiger partial charge on any atom is -0.497 e. The Morgan fingerprint density at radius 2 is 1.74 bits per heavy atom. The molecule has 0 unspecified atom stereocenters. The number of carbonyl (C=O) groups excluding carboxylic acids is 1. The molecule has 0 aliphatic rings. The van der Waals surface area contributed by atoms with Crippen molar-refractivity contribution in [1.29, 1.82) is 0 Å². The fourth-order valence-electron chi connectivity index (χ4n) is 1.53. The van der Waals surface area contributed by atoms with E-state index in [4.69, 9.17) is 14.6 Å². The maximum Gasteiger partial charge on any atom is 0.305 e. The number of methoxy groups -OCH3 is 2. The highest BCUT2D eigenvalue weighted by Crippen LogP contribution is 2.22. The first kappa shape index (κ1) is 14.8. The van der Waals surface area contributed by atoms with Crippen LogP contribution in [-0.2, 0) is 16.0 Å². The lowest BCUT2D eigenvalue weighted by Crippen LogP contribution is -2.27. The van der Waals surface area contributed by atoms with E-state index in [1.54, 1.807) is 18.2 Å². The standard InChI is InChI=1S/C13H17NO5/c1-18-10-5-9(6-11(8-10)19-2)7-12(15)14-4-3-13(16)17/h5-6,8H,3-4,7H2,1-2H3,(H,14,15)(H,16,17). The molecule has 0 saturated heterocycles. The van der Waals surface area contributed by atoms with Gasteiger partial charge in [-0.25, -0.2) is 0 Å². The Balaban J connectivity index is 2.60. The summed E-state index contributed by atoms with van der Waals surface area (Å²) in [6.45, 7) is 0.120. The summed E-state index contributed by atoms with van der Waals surface area (Å²) in [6.07, 6.45) is 0.0559. The van der Waals surface area contributed by atoms with Gasteiger partial charge in [-0.3, -0.25) is 9.59 Å². The van der Waals surface area contributed by atoms with Crippen LogP contribution < -0.4 is 14.8 Å². The molecular formula is C13H17NO5. The highest BCUT2D eigenvalue weighted by molar-refractivity contribution is 5.79. The van der Waals surface area contributed by atoms with Crippen molar-refractivity contribution in [2.24, 2.45) is 0 Å². The van der Waals surface area contributed by atoms with Gasteiger partial charge in [-0.05, 0) is 17.7 Å². The van der Waals surface area contributed by atoms with Crippen molar-refractivity contribution in [2.45, 2.75) is 12.8 Å². The Labute approximate surface area is 111 Å². The van der Waals surface area contributed by atoms with Gasteiger partial charge in [-0.2, -0.15) is 0 Å². The molecule has 104 valence electrons. The maximum atomic E-state index is 11.6. The molecule has 0 radical (unpaired) electrons. The Hall–Kier alpha value is -2.24. The number of aliphatic carboxylic acids is 1. The molecule has 0 fully saturated rings. The fourth-order valence-corrected chi connectivity index (χ4v) is 1.53. The first-order valence-corrected chi connectivity index (χ1v) is 5.75. The zero-order chi connectivity index (χ0) is 14.3. The zero-order valence-electron chi connectivity index (χ0n) is 10.9. The third-order valence-electron chi connectivity index (χ3n) is 2.44. The van der Waals surface area contributed by atoms with Crippen LogP contribution in [0, 0.1) is 0 Å². The lowest BCUT2D eigenvalue weighted by atomic mass is 10.1. The second kappa shape index (κ2) is 7.25. The minimum atomic E-state index is -0.941. The van der Waals surface area contributed by atoms with Crippen LogP contribution in [-0.4, -0.2) is 37.7 Å². The summed E-state index contributed by atoms with van der Waals surface area (Å²) in [7, 11) is 3.07. The number of carboxylic acid groups (broad SMARTS) is 1. The molecule has 0 atom stereocenters. The molecule has 0 aliphatic heterocycles. The van der Waals surface area contributed by atoms with E-state index in [0.717, 1.165) is 5.56 Å². The van der Waals surface area contributed by atoms with Crippen molar-refractivity contribution < 1.29 is 24.2 Å². The lowest BCUT2D eigenvalue weighted by molar-refractivity contribution is -0.136. The number of ether oxygens (including phenoxy) is 2. The summed E-state index contributed by atoms with van der Waals surface area (Å²) >= 11 is 0. The number of hydrogen-bond donors (Lipinski definition) is 2. The van der Waals surface area contributed by atoms with Crippen LogP contribution in [0.3, 0.4) is 0 Å².